The Morgan fingerprint density at radius 1 is 0.971 bits per heavy atom. The summed E-state index contributed by atoms with van der Waals surface area (Å²) in [5.74, 6) is -1.39. The van der Waals surface area contributed by atoms with Crippen LogP contribution in [0.2, 0.25) is 0 Å². The highest BCUT2D eigenvalue weighted by Crippen LogP contribution is 2.44. The van der Waals surface area contributed by atoms with Crippen LogP contribution >= 0.6 is 22.6 Å². The molecule has 1 fully saturated rings. The van der Waals surface area contributed by atoms with Gasteiger partial charge in [0.15, 0.2) is 0 Å². The Bertz CT molecular complexity index is 1270. The van der Waals surface area contributed by atoms with Crippen LogP contribution in [0.4, 0.5) is 10.5 Å². The summed E-state index contributed by atoms with van der Waals surface area (Å²) in [7, 11) is 0. The van der Waals surface area contributed by atoms with Gasteiger partial charge in [0.1, 0.15) is 13.2 Å². The van der Waals surface area contributed by atoms with Crippen LogP contribution in [0.15, 0.2) is 66.7 Å². The first-order valence-electron chi connectivity index (χ1n) is 11.4. The molecule has 2 amide bonds. The van der Waals surface area contributed by atoms with E-state index in [1.165, 1.54) is 4.90 Å². The van der Waals surface area contributed by atoms with Gasteiger partial charge in [-0.3, -0.25) is 14.9 Å². The number of hydrogen-bond acceptors (Lipinski definition) is 4. The highest BCUT2D eigenvalue weighted by Gasteiger charge is 2.34. The molecule has 2 aliphatic carbocycles. The quantitative estimate of drug-likeness (QED) is 0.367. The predicted molar refractivity (Wildman–Crippen MR) is 140 cm³/mol. The van der Waals surface area contributed by atoms with Crippen LogP contribution in [-0.4, -0.2) is 47.2 Å². The number of carboxylic acid groups (broad SMARTS) is 1. The fourth-order valence-corrected chi connectivity index (χ4v) is 5.21. The SMILES string of the molecule is O=C(O)CN(C(=O)c1ccc(NC(=O)OCC2c3ccccc3-c3ccccc32)c(I)c1)C1CC1. The van der Waals surface area contributed by atoms with Gasteiger partial charge in [0.25, 0.3) is 5.91 Å². The van der Waals surface area contributed by atoms with Gasteiger partial charge in [-0.05, 0) is 75.9 Å². The van der Waals surface area contributed by atoms with Gasteiger partial charge in [-0.15, -0.1) is 0 Å². The van der Waals surface area contributed by atoms with Gasteiger partial charge in [0, 0.05) is 21.1 Å². The molecule has 2 aliphatic rings. The summed E-state index contributed by atoms with van der Waals surface area (Å²) in [6.07, 6.45) is 1.06. The normalized spacial score (nSPS) is 14.1. The van der Waals surface area contributed by atoms with Crippen molar-refractivity contribution in [3.63, 3.8) is 0 Å². The standard InChI is InChI=1S/C27H23IN2O5/c28-23-13-16(26(33)30(14-25(31)32)17-10-11-17)9-12-24(23)29-27(34)35-15-22-20-7-3-1-5-18(20)19-6-2-4-8-21(19)22/h1-9,12-13,17,22H,10-11,14-15H2,(H,29,34)(H,31,32). The second kappa shape index (κ2) is 9.69. The van der Waals surface area contributed by atoms with E-state index in [2.05, 4.69) is 29.6 Å². The van der Waals surface area contributed by atoms with Crippen molar-refractivity contribution < 1.29 is 24.2 Å². The van der Waals surface area contributed by atoms with Crippen LogP contribution < -0.4 is 5.32 Å². The number of aliphatic carboxylic acids is 1. The van der Waals surface area contributed by atoms with E-state index in [0.29, 0.717) is 14.8 Å². The zero-order chi connectivity index (χ0) is 24.5. The summed E-state index contributed by atoms with van der Waals surface area (Å²) in [5.41, 5.74) is 5.52. The Hall–Kier alpha value is -3.40. The first kappa shape index (κ1) is 23.3. The number of hydrogen-bond donors (Lipinski definition) is 2. The lowest BCUT2D eigenvalue weighted by atomic mass is 9.98. The number of carbonyl (C=O) groups is 3. The maximum Gasteiger partial charge on any atom is 0.411 e. The highest BCUT2D eigenvalue weighted by molar-refractivity contribution is 14.1. The van der Waals surface area contributed by atoms with Crippen LogP contribution in [0.1, 0.15) is 40.2 Å². The number of benzene rings is 3. The second-order valence-corrected chi connectivity index (χ2v) is 9.87. The van der Waals surface area contributed by atoms with Crippen molar-refractivity contribution in [3.05, 3.63) is 87.0 Å². The molecule has 0 aliphatic heterocycles. The molecule has 0 radical (unpaired) electrons. The molecule has 0 bridgehead atoms. The number of fused-ring (bicyclic) bond motifs is 3. The van der Waals surface area contributed by atoms with Crippen LogP contribution in [0, 0.1) is 3.57 Å². The fraction of sp³-hybridized carbons (Fsp3) is 0.222. The number of nitrogens with zero attached hydrogens (tertiary/aromatic N) is 1. The third kappa shape index (κ3) is 4.88. The topological polar surface area (TPSA) is 95.9 Å². The van der Waals surface area contributed by atoms with Gasteiger partial charge >= 0.3 is 12.1 Å². The number of amides is 2. The molecule has 5 rings (SSSR count). The van der Waals surface area contributed by atoms with Crippen molar-refractivity contribution in [2.24, 2.45) is 0 Å². The average molecular weight is 582 g/mol. The Morgan fingerprint density at radius 2 is 1.60 bits per heavy atom. The number of halogens is 1. The second-order valence-electron chi connectivity index (χ2n) is 8.70. The molecule has 0 unspecified atom stereocenters. The minimum Gasteiger partial charge on any atom is -0.480 e. The maximum atomic E-state index is 12.8. The van der Waals surface area contributed by atoms with Crippen LogP contribution in [-0.2, 0) is 9.53 Å². The number of anilines is 1. The summed E-state index contributed by atoms with van der Waals surface area (Å²) < 4.78 is 6.26. The van der Waals surface area contributed by atoms with E-state index in [1.54, 1.807) is 18.2 Å². The number of rotatable bonds is 7. The van der Waals surface area contributed by atoms with Gasteiger partial charge in [-0.25, -0.2) is 4.79 Å². The van der Waals surface area contributed by atoms with Crippen LogP contribution in [0.3, 0.4) is 0 Å². The molecule has 0 atom stereocenters. The van der Waals surface area contributed by atoms with Crippen molar-refractivity contribution in [2.75, 3.05) is 18.5 Å². The smallest absolute Gasteiger partial charge is 0.411 e. The number of carbonyl (C=O) groups excluding carboxylic acids is 2. The molecule has 3 aromatic carbocycles. The lowest BCUT2D eigenvalue weighted by Crippen LogP contribution is -2.37. The van der Waals surface area contributed by atoms with Crippen molar-refractivity contribution in [1.82, 2.24) is 4.90 Å². The third-order valence-electron chi connectivity index (χ3n) is 6.35. The van der Waals surface area contributed by atoms with E-state index < -0.39 is 12.1 Å². The summed E-state index contributed by atoms with van der Waals surface area (Å²) in [6.45, 7) is -0.113. The molecule has 35 heavy (non-hydrogen) atoms. The molecule has 1 saturated carbocycles. The van der Waals surface area contributed by atoms with Crippen molar-refractivity contribution >= 4 is 46.2 Å². The van der Waals surface area contributed by atoms with Gasteiger partial charge in [-0.2, -0.15) is 0 Å². The molecular weight excluding hydrogens is 559 g/mol. The largest absolute Gasteiger partial charge is 0.480 e. The molecule has 0 saturated heterocycles. The van der Waals surface area contributed by atoms with Gasteiger partial charge in [-0.1, -0.05) is 48.5 Å². The van der Waals surface area contributed by atoms with Crippen LogP contribution in [0.25, 0.3) is 11.1 Å². The van der Waals surface area contributed by atoms with E-state index >= 15 is 0 Å². The maximum absolute atomic E-state index is 12.8. The fourth-order valence-electron chi connectivity index (χ4n) is 4.56. The van der Waals surface area contributed by atoms with Gasteiger partial charge in [0.05, 0.1) is 5.69 Å². The highest BCUT2D eigenvalue weighted by atomic mass is 127. The first-order chi connectivity index (χ1) is 16.9. The lowest BCUT2D eigenvalue weighted by molar-refractivity contribution is -0.137. The molecule has 2 N–H and O–H groups in total. The zero-order valence-corrected chi connectivity index (χ0v) is 20.9. The van der Waals surface area contributed by atoms with Crippen molar-refractivity contribution in [1.29, 1.82) is 0 Å². The summed E-state index contributed by atoms with van der Waals surface area (Å²) in [6, 6.07) is 21.2. The number of carboxylic acids is 1. The minimum absolute atomic E-state index is 0.0186. The van der Waals surface area contributed by atoms with Crippen LogP contribution in [0.5, 0.6) is 0 Å². The predicted octanol–water partition coefficient (Wildman–Crippen LogP) is 5.34. The van der Waals surface area contributed by atoms with E-state index in [4.69, 9.17) is 9.84 Å². The molecule has 0 aromatic heterocycles. The van der Waals surface area contributed by atoms with Crippen molar-refractivity contribution in [2.45, 2.75) is 24.8 Å². The van der Waals surface area contributed by atoms with Crippen molar-refractivity contribution in [3.8, 4) is 11.1 Å². The lowest BCUT2D eigenvalue weighted by Gasteiger charge is -2.20. The average Bonchev–Trinajstić information content (AvgIpc) is 3.64. The molecule has 8 heteroatoms. The van der Waals surface area contributed by atoms with E-state index in [-0.39, 0.29) is 31.0 Å². The number of ether oxygens (including phenoxy) is 1. The molecule has 0 heterocycles. The van der Waals surface area contributed by atoms with Gasteiger partial charge < -0.3 is 14.7 Å². The first-order valence-corrected chi connectivity index (χ1v) is 12.4. The Labute approximate surface area is 216 Å². The van der Waals surface area contributed by atoms with E-state index in [1.807, 2.05) is 46.9 Å². The Balaban J connectivity index is 1.25. The molecular formula is C27H23IN2O5. The summed E-state index contributed by atoms with van der Waals surface area (Å²) >= 11 is 2.04. The zero-order valence-electron chi connectivity index (χ0n) is 18.7. The van der Waals surface area contributed by atoms with E-state index in [0.717, 1.165) is 35.1 Å². The molecule has 7 nitrogen and oxygen atoms in total. The monoisotopic (exact) mass is 582 g/mol. The Kier molecular flexibility index (Phi) is 6.46. The van der Waals surface area contributed by atoms with E-state index in [9.17, 15) is 14.4 Å². The minimum atomic E-state index is -1.03. The summed E-state index contributed by atoms with van der Waals surface area (Å²) in [4.78, 5) is 38.0. The molecule has 3 aromatic rings. The third-order valence-corrected chi connectivity index (χ3v) is 7.24. The number of nitrogens with one attached hydrogen (secondary N) is 1. The van der Waals surface area contributed by atoms with Gasteiger partial charge in [0.2, 0.25) is 0 Å². The molecule has 178 valence electrons. The Morgan fingerprint density at radius 3 is 2.17 bits per heavy atom. The summed E-state index contributed by atoms with van der Waals surface area (Å²) in [5, 5.41) is 11.9. The molecule has 0 spiro atoms.